The molecule has 0 radical (unpaired) electrons. The zero-order valence-electron chi connectivity index (χ0n) is 12.8. The van der Waals surface area contributed by atoms with Gasteiger partial charge in [-0.1, -0.05) is 35.9 Å². The monoisotopic (exact) mass is 359 g/mol. The van der Waals surface area contributed by atoms with Crippen molar-refractivity contribution in [3.63, 3.8) is 0 Å². The Balaban J connectivity index is 2.01. The van der Waals surface area contributed by atoms with Crippen molar-refractivity contribution < 1.29 is 14.3 Å². The Morgan fingerprint density at radius 3 is 2.71 bits per heavy atom. The van der Waals surface area contributed by atoms with E-state index in [1.807, 2.05) is 24.3 Å². The molecule has 122 valence electrons. The first-order valence-corrected chi connectivity index (χ1v) is 8.55. The third-order valence-electron chi connectivity index (χ3n) is 3.39. The predicted molar refractivity (Wildman–Crippen MR) is 97.2 cm³/mol. The molecule has 24 heavy (non-hydrogen) atoms. The summed E-state index contributed by atoms with van der Waals surface area (Å²) in [5, 5.41) is 4.52. The normalized spacial score (nSPS) is 10.6. The number of carbonyl (C=O) groups excluding carboxylic acids is 2. The molecule has 0 atom stereocenters. The summed E-state index contributed by atoms with van der Waals surface area (Å²) in [5.74, 6) is -0.772. The average molecular weight is 360 g/mol. The number of carbonyl (C=O) groups is 2. The number of esters is 1. The van der Waals surface area contributed by atoms with Gasteiger partial charge in [-0.25, -0.2) is 4.79 Å². The van der Waals surface area contributed by atoms with E-state index in [2.05, 4.69) is 5.32 Å². The number of fused-ring (bicyclic) bond motifs is 1. The highest BCUT2D eigenvalue weighted by Crippen LogP contribution is 2.36. The molecule has 0 aliphatic rings. The summed E-state index contributed by atoms with van der Waals surface area (Å²) < 4.78 is 6.04. The molecule has 0 spiro atoms. The van der Waals surface area contributed by atoms with Crippen LogP contribution in [0.2, 0.25) is 5.02 Å². The summed E-state index contributed by atoms with van der Waals surface area (Å²) in [5.41, 5.74) is 0.808. The van der Waals surface area contributed by atoms with Crippen LogP contribution >= 0.6 is 22.9 Å². The van der Waals surface area contributed by atoms with Gasteiger partial charge in [0.05, 0.1) is 6.61 Å². The van der Waals surface area contributed by atoms with E-state index in [9.17, 15) is 9.59 Å². The molecular formula is C18H14ClNO3S. The molecule has 4 nitrogen and oxygen atoms in total. The van der Waals surface area contributed by atoms with Gasteiger partial charge in [0.2, 0.25) is 0 Å². The summed E-state index contributed by atoms with van der Waals surface area (Å²) in [6.45, 7) is 2.02. The molecular weight excluding hydrogens is 346 g/mol. The minimum Gasteiger partial charge on any atom is -0.462 e. The molecule has 2 aromatic carbocycles. The van der Waals surface area contributed by atoms with E-state index in [1.54, 1.807) is 31.2 Å². The van der Waals surface area contributed by atoms with Gasteiger partial charge >= 0.3 is 5.97 Å². The Morgan fingerprint density at radius 1 is 1.17 bits per heavy atom. The summed E-state index contributed by atoms with van der Waals surface area (Å²) in [4.78, 5) is 24.8. The lowest BCUT2D eigenvalue weighted by molar-refractivity contribution is 0.0530. The van der Waals surface area contributed by atoms with Crippen molar-refractivity contribution in [3.8, 4) is 0 Å². The second-order valence-corrected chi connectivity index (χ2v) is 6.48. The lowest BCUT2D eigenvalue weighted by Gasteiger charge is -2.07. The van der Waals surface area contributed by atoms with Crippen LogP contribution in [0.25, 0.3) is 10.1 Å². The summed E-state index contributed by atoms with van der Waals surface area (Å²) in [6.07, 6.45) is 0. The maximum atomic E-state index is 12.5. The number of benzene rings is 2. The third-order valence-corrected chi connectivity index (χ3v) is 4.71. The zero-order chi connectivity index (χ0) is 17.1. The lowest BCUT2D eigenvalue weighted by atomic mass is 10.1. The SMILES string of the molecule is CCOC(=O)c1c(NC(=O)c2cccc(Cl)c2)sc2ccccc12. The van der Waals surface area contributed by atoms with Crippen molar-refractivity contribution in [2.24, 2.45) is 0 Å². The molecule has 1 amide bonds. The van der Waals surface area contributed by atoms with Crippen molar-refractivity contribution in [2.75, 3.05) is 11.9 Å². The highest BCUT2D eigenvalue weighted by Gasteiger charge is 2.21. The maximum absolute atomic E-state index is 12.5. The molecule has 3 aromatic rings. The molecule has 1 N–H and O–H groups in total. The number of ether oxygens (including phenoxy) is 1. The van der Waals surface area contributed by atoms with Crippen LogP contribution in [0.4, 0.5) is 5.00 Å². The van der Waals surface area contributed by atoms with Gasteiger partial charge in [0.1, 0.15) is 10.6 Å². The van der Waals surface area contributed by atoms with Crippen LogP contribution in [0.3, 0.4) is 0 Å². The van der Waals surface area contributed by atoms with Crippen LogP contribution < -0.4 is 5.32 Å². The van der Waals surface area contributed by atoms with Gasteiger partial charge in [-0.2, -0.15) is 0 Å². The van der Waals surface area contributed by atoms with Crippen molar-refractivity contribution in [3.05, 3.63) is 64.7 Å². The molecule has 0 bridgehead atoms. The topological polar surface area (TPSA) is 55.4 Å². The van der Waals surface area contributed by atoms with Gasteiger partial charge < -0.3 is 10.1 Å². The fraction of sp³-hybridized carbons (Fsp3) is 0.111. The molecule has 0 saturated carbocycles. The Hall–Kier alpha value is -2.37. The number of anilines is 1. The highest BCUT2D eigenvalue weighted by molar-refractivity contribution is 7.23. The van der Waals surface area contributed by atoms with E-state index in [0.29, 0.717) is 21.2 Å². The largest absolute Gasteiger partial charge is 0.462 e. The van der Waals surface area contributed by atoms with E-state index in [-0.39, 0.29) is 12.5 Å². The second kappa shape index (κ2) is 7.03. The molecule has 1 heterocycles. The highest BCUT2D eigenvalue weighted by atomic mass is 35.5. The van der Waals surface area contributed by atoms with Crippen LogP contribution in [0, 0.1) is 0 Å². The molecule has 3 rings (SSSR count). The van der Waals surface area contributed by atoms with Crippen LogP contribution in [0.5, 0.6) is 0 Å². The first-order chi connectivity index (χ1) is 11.6. The number of thiophene rings is 1. The Labute approximate surface area is 148 Å². The Bertz CT molecular complexity index is 920. The average Bonchev–Trinajstić information content (AvgIpc) is 2.93. The minimum absolute atomic E-state index is 0.269. The van der Waals surface area contributed by atoms with Gasteiger partial charge in [-0.15, -0.1) is 11.3 Å². The van der Waals surface area contributed by atoms with Crippen LogP contribution in [-0.4, -0.2) is 18.5 Å². The fourth-order valence-corrected chi connectivity index (χ4v) is 3.62. The van der Waals surface area contributed by atoms with Gasteiger partial charge in [0, 0.05) is 20.7 Å². The van der Waals surface area contributed by atoms with E-state index in [0.717, 1.165) is 10.1 Å². The summed E-state index contributed by atoms with van der Waals surface area (Å²) in [6, 6.07) is 14.1. The molecule has 6 heteroatoms. The fourth-order valence-electron chi connectivity index (χ4n) is 2.34. The number of hydrogen-bond acceptors (Lipinski definition) is 4. The standard InChI is InChI=1S/C18H14ClNO3S/c1-2-23-18(22)15-13-8-3-4-9-14(13)24-17(15)20-16(21)11-6-5-7-12(19)10-11/h3-10H,2H2,1H3,(H,20,21). The Morgan fingerprint density at radius 2 is 1.96 bits per heavy atom. The van der Waals surface area contributed by atoms with Crippen LogP contribution in [0.1, 0.15) is 27.6 Å². The molecule has 0 saturated heterocycles. The van der Waals surface area contributed by atoms with E-state index >= 15 is 0 Å². The lowest BCUT2D eigenvalue weighted by Crippen LogP contribution is -2.14. The van der Waals surface area contributed by atoms with Crippen LogP contribution in [0.15, 0.2) is 48.5 Å². The third kappa shape index (κ3) is 3.27. The number of nitrogens with one attached hydrogen (secondary N) is 1. The first kappa shape index (κ1) is 16.5. The summed E-state index contributed by atoms with van der Waals surface area (Å²) >= 11 is 7.27. The maximum Gasteiger partial charge on any atom is 0.341 e. The molecule has 0 aliphatic heterocycles. The van der Waals surface area contributed by atoms with Crippen molar-refractivity contribution in [1.82, 2.24) is 0 Å². The molecule has 1 aromatic heterocycles. The first-order valence-electron chi connectivity index (χ1n) is 7.35. The van der Waals surface area contributed by atoms with E-state index < -0.39 is 5.97 Å². The van der Waals surface area contributed by atoms with Crippen molar-refractivity contribution in [1.29, 1.82) is 0 Å². The van der Waals surface area contributed by atoms with Crippen LogP contribution in [-0.2, 0) is 4.74 Å². The van der Waals surface area contributed by atoms with Gasteiger partial charge in [-0.3, -0.25) is 4.79 Å². The minimum atomic E-state index is -0.448. The molecule has 0 aliphatic carbocycles. The number of hydrogen-bond donors (Lipinski definition) is 1. The smallest absolute Gasteiger partial charge is 0.341 e. The van der Waals surface area contributed by atoms with Gasteiger partial charge in [-0.05, 0) is 31.2 Å². The molecule has 0 fully saturated rings. The number of amides is 1. The van der Waals surface area contributed by atoms with Crippen molar-refractivity contribution >= 4 is 49.9 Å². The van der Waals surface area contributed by atoms with Crippen molar-refractivity contribution in [2.45, 2.75) is 6.92 Å². The summed E-state index contributed by atoms with van der Waals surface area (Å²) in [7, 11) is 0. The van der Waals surface area contributed by atoms with Gasteiger partial charge in [0.15, 0.2) is 0 Å². The Kier molecular flexibility index (Phi) is 4.83. The predicted octanol–water partition coefficient (Wildman–Crippen LogP) is 4.98. The number of halogens is 1. The quantitative estimate of drug-likeness (QED) is 0.668. The number of rotatable bonds is 4. The van der Waals surface area contributed by atoms with E-state index in [4.69, 9.17) is 16.3 Å². The molecule has 0 unspecified atom stereocenters. The zero-order valence-corrected chi connectivity index (χ0v) is 14.4. The van der Waals surface area contributed by atoms with Gasteiger partial charge in [0.25, 0.3) is 5.91 Å². The van der Waals surface area contributed by atoms with E-state index in [1.165, 1.54) is 11.3 Å². The second-order valence-electron chi connectivity index (χ2n) is 4.99.